The number of rotatable bonds is 1. The molecule has 0 bridgehead atoms. The maximum absolute atomic E-state index is 11.8. The maximum atomic E-state index is 11.8. The van der Waals surface area contributed by atoms with Crippen LogP contribution in [-0.2, 0) is 0 Å². The molecule has 0 aromatic heterocycles. The monoisotopic (exact) mass is 146 g/mol. The zero-order valence-corrected chi connectivity index (χ0v) is 5.35. The Morgan fingerprint density at radius 1 is 1.60 bits per heavy atom. The van der Waals surface area contributed by atoms with Gasteiger partial charge in [-0.2, -0.15) is 5.26 Å². The highest BCUT2D eigenvalue weighted by Gasteiger charge is 2.45. The van der Waals surface area contributed by atoms with Gasteiger partial charge in [-0.25, -0.2) is 8.78 Å². The van der Waals surface area contributed by atoms with Crippen LogP contribution in [0.15, 0.2) is 0 Å². The summed E-state index contributed by atoms with van der Waals surface area (Å²) in [6.45, 7) is 0. The minimum Gasteiger partial charge on any atom is -0.313 e. The third-order valence-electron chi connectivity index (χ3n) is 1.83. The van der Waals surface area contributed by atoms with Gasteiger partial charge in [0.1, 0.15) is 5.54 Å². The van der Waals surface area contributed by atoms with Gasteiger partial charge in [-0.1, -0.05) is 0 Å². The summed E-state index contributed by atoms with van der Waals surface area (Å²) < 4.78 is 23.6. The van der Waals surface area contributed by atoms with E-state index in [-0.39, 0.29) is 12.8 Å². The van der Waals surface area contributed by atoms with Crippen LogP contribution in [0.1, 0.15) is 12.8 Å². The molecule has 1 aliphatic rings. The number of nitriles is 1. The molecule has 0 radical (unpaired) electrons. The molecule has 0 spiro atoms. The fourth-order valence-corrected chi connectivity index (χ4v) is 1.15. The van der Waals surface area contributed by atoms with Gasteiger partial charge in [0.15, 0.2) is 0 Å². The lowest BCUT2D eigenvalue weighted by molar-refractivity contribution is 0.00664. The molecule has 0 amide bonds. The molecule has 1 aliphatic carbocycles. The van der Waals surface area contributed by atoms with E-state index in [9.17, 15) is 8.78 Å². The second kappa shape index (κ2) is 2.17. The third-order valence-corrected chi connectivity index (χ3v) is 1.83. The predicted molar refractivity (Wildman–Crippen MR) is 31.3 cm³/mol. The zero-order chi connectivity index (χ0) is 7.78. The van der Waals surface area contributed by atoms with Crippen LogP contribution in [0.2, 0.25) is 0 Å². The smallest absolute Gasteiger partial charge is 0.241 e. The van der Waals surface area contributed by atoms with Crippen molar-refractivity contribution in [3.8, 4) is 6.07 Å². The van der Waals surface area contributed by atoms with E-state index in [2.05, 4.69) is 0 Å². The molecule has 0 heterocycles. The molecule has 0 aromatic rings. The van der Waals surface area contributed by atoms with Crippen molar-refractivity contribution in [2.75, 3.05) is 0 Å². The minimum atomic E-state index is -2.31. The van der Waals surface area contributed by atoms with E-state index in [0.717, 1.165) is 0 Å². The molecule has 0 saturated heterocycles. The normalized spacial score (nSPS) is 38.9. The van der Waals surface area contributed by atoms with Gasteiger partial charge >= 0.3 is 0 Å². The molecule has 1 fully saturated rings. The molecule has 0 aliphatic heterocycles. The van der Waals surface area contributed by atoms with Gasteiger partial charge in [-0.15, -0.1) is 0 Å². The zero-order valence-electron chi connectivity index (χ0n) is 5.35. The highest BCUT2D eigenvalue weighted by molar-refractivity contribution is 5.13. The first kappa shape index (κ1) is 7.42. The van der Waals surface area contributed by atoms with Crippen LogP contribution >= 0.6 is 0 Å². The Morgan fingerprint density at radius 2 is 2.10 bits per heavy atom. The maximum Gasteiger partial charge on any atom is 0.241 e. The van der Waals surface area contributed by atoms with Crippen molar-refractivity contribution in [3.05, 3.63) is 0 Å². The van der Waals surface area contributed by atoms with E-state index in [0.29, 0.717) is 0 Å². The molecule has 0 aromatic carbocycles. The largest absolute Gasteiger partial charge is 0.313 e. The van der Waals surface area contributed by atoms with Gasteiger partial charge in [0.25, 0.3) is 0 Å². The summed E-state index contributed by atoms with van der Waals surface area (Å²) in [5, 5.41) is 8.32. The van der Waals surface area contributed by atoms with Crippen LogP contribution in [0.5, 0.6) is 0 Å². The highest BCUT2D eigenvalue weighted by Crippen LogP contribution is 2.38. The summed E-state index contributed by atoms with van der Waals surface area (Å²) >= 11 is 0. The summed E-state index contributed by atoms with van der Waals surface area (Å²) in [5.74, 6) is -0.648. The van der Waals surface area contributed by atoms with Crippen LogP contribution in [0.4, 0.5) is 8.78 Å². The van der Waals surface area contributed by atoms with Gasteiger partial charge in [-0.3, -0.25) is 0 Å². The Hall–Kier alpha value is -0.690. The number of alkyl halides is 2. The molecule has 10 heavy (non-hydrogen) atoms. The van der Waals surface area contributed by atoms with Gasteiger partial charge in [-0.05, 0) is 12.8 Å². The second-order valence-corrected chi connectivity index (χ2v) is 2.77. The van der Waals surface area contributed by atoms with Crippen LogP contribution in [-0.4, -0.2) is 12.0 Å². The quantitative estimate of drug-likeness (QED) is 0.597. The van der Waals surface area contributed by atoms with Crippen LogP contribution in [0.25, 0.3) is 0 Å². The average Bonchev–Trinajstić information content (AvgIpc) is 1.80. The van der Waals surface area contributed by atoms with Crippen molar-refractivity contribution in [1.82, 2.24) is 0 Å². The lowest BCUT2D eigenvalue weighted by Gasteiger charge is -2.38. The lowest BCUT2D eigenvalue weighted by Crippen LogP contribution is -2.52. The highest BCUT2D eigenvalue weighted by atomic mass is 19.3. The summed E-state index contributed by atoms with van der Waals surface area (Å²) in [5.41, 5.74) is 4.38. The summed E-state index contributed by atoms with van der Waals surface area (Å²) in [6.07, 6.45) is -2.03. The SMILES string of the molecule is N#CC1(N)CC(C(F)F)C1. The summed E-state index contributed by atoms with van der Waals surface area (Å²) in [6, 6.07) is 1.81. The summed E-state index contributed by atoms with van der Waals surface area (Å²) in [4.78, 5) is 0. The van der Waals surface area contributed by atoms with Crippen molar-refractivity contribution < 1.29 is 8.78 Å². The fraction of sp³-hybridized carbons (Fsp3) is 0.833. The Balaban J connectivity index is 2.38. The first-order chi connectivity index (χ1) is 4.57. The van der Waals surface area contributed by atoms with Crippen LogP contribution < -0.4 is 5.73 Å². The number of halogens is 2. The molecular weight excluding hydrogens is 138 g/mol. The van der Waals surface area contributed by atoms with E-state index in [1.807, 2.05) is 6.07 Å². The Kier molecular flexibility index (Phi) is 1.61. The number of nitrogens with zero attached hydrogens (tertiary/aromatic N) is 1. The second-order valence-electron chi connectivity index (χ2n) is 2.77. The molecule has 2 N–H and O–H groups in total. The van der Waals surface area contributed by atoms with E-state index < -0.39 is 17.9 Å². The lowest BCUT2D eigenvalue weighted by atomic mass is 9.70. The molecular formula is C6H8F2N2. The van der Waals surface area contributed by atoms with Gasteiger partial charge in [0.2, 0.25) is 6.43 Å². The van der Waals surface area contributed by atoms with E-state index in [1.54, 1.807) is 0 Å². The van der Waals surface area contributed by atoms with E-state index >= 15 is 0 Å². The van der Waals surface area contributed by atoms with Crippen molar-refractivity contribution in [2.24, 2.45) is 11.7 Å². The van der Waals surface area contributed by atoms with Crippen molar-refractivity contribution in [2.45, 2.75) is 24.8 Å². The van der Waals surface area contributed by atoms with Gasteiger partial charge in [0, 0.05) is 5.92 Å². The van der Waals surface area contributed by atoms with Crippen LogP contribution in [0, 0.1) is 17.2 Å². The fourth-order valence-electron chi connectivity index (χ4n) is 1.15. The molecule has 0 atom stereocenters. The van der Waals surface area contributed by atoms with Crippen molar-refractivity contribution >= 4 is 0 Å². The topological polar surface area (TPSA) is 49.8 Å². The minimum absolute atomic E-state index is 0.140. The van der Waals surface area contributed by atoms with E-state index in [1.165, 1.54) is 0 Å². The predicted octanol–water partition coefficient (Wildman–Crippen LogP) is 0.883. The number of hydrogen-bond acceptors (Lipinski definition) is 2. The van der Waals surface area contributed by atoms with Crippen molar-refractivity contribution in [1.29, 1.82) is 5.26 Å². The molecule has 0 unspecified atom stereocenters. The molecule has 4 heteroatoms. The number of hydrogen-bond donors (Lipinski definition) is 1. The Labute approximate surface area is 57.6 Å². The van der Waals surface area contributed by atoms with E-state index in [4.69, 9.17) is 11.0 Å². The molecule has 2 nitrogen and oxygen atoms in total. The van der Waals surface area contributed by atoms with Gasteiger partial charge < -0.3 is 5.73 Å². The first-order valence-corrected chi connectivity index (χ1v) is 3.06. The molecule has 1 saturated carbocycles. The third kappa shape index (κ3) is 1.09. The van der Waals surface area contributed by atoms with Crippen LogP contribution in [0.3, 0.4) is 0 Å². The standard InChI is InChI=1S/C6H8F2N2/c7-5(8)4-1-6(10,2-4)3-9/h4-5H,1-2,10H2. The average molecular weight is 146 g/mol. The van der Waals surface area contributed by atoms with Crippen molar-refractivity contribution in [3.63, 3.8) is 0 Å². The summed E-state index contributed by atoms with van der Waals surface area (Å²) in [7, 11) is 0. The number of nitrogens with two attached hydrogens (primary N) is 1. The first-order valence-electron chi connectivity index (χ1n) is 3.06. The van der Waals surface area contributed by atoms with Gasteiger partial charge in [0.05, 0.1) is 6.07 Å². The molecule has 56 valence electrons. The molecule has 1 rings (SSSR count). The Morgan fingerprint density at radius 3 is 2.40 bits per heavy atom. The Bertz CT molecular complexity index is 167.